The standard InChI is InChI=1S/C31H40BrN3O5/c1-31(2,3)40-30(38)34-13-11-26(23-10-12-33(4)28(36)18-23)27(20-34)29(37)35(25-8-9-25)19-22-15-21(7-6-14-39-5)16-24(32)17-22/h6-7,10,12,15-18,25-27H,8-9,11,13-14,19-20H2,1-5H3/b7-6+. The number of nitrogens with zero attached hydrogens (tertiary/aromatic N) is 3. The topological polar surface area (TPSA) is 81.1 Å². The third-order valence-electron chi connectivity index (χ3n) is 7.31. The maximum absolute atomic E-state index is 14.4. The molecule has 0 spiro atoms. The van der Waals surface area contributed by atoms with E-state index in [1.807, 2.05) is 56.0 Å². The van der Waals surface area contributed by atoms with Gasteiger partial charge in [0.05, 0.1) is 12.5 Å². The number of hydrogen-bond acceptors (Lipinski definition) is 5. The van der Waals surface area contributed by atoms with E-state index in [2.05, 4.69) is 22.0 Å². The number of rotatable bonds is 8. The lowest BCUT2D eigenvalue weighted by Gasteiger charge is -2.40. The van der Waals surface area contributed by atoms with Crippen molar-refractivity contribution in [3.63, 3.8) is 0 Å². The average Bonchev–Trinajstić information content (AvgIpc) is 3.72. The molecule has 2 fully saturated rings. The van der Waals surface area contributed by atoms with Gasteiger partial charge in [-0.1, -0.05) is 28.1 Å². The SMILES string of the molecule is COC/C=C/c1cc(Br)cc(CN(C(=O)C2CN(C(=O)OC(C)(C)C)CCC2c2ccn(C)c(=O)c2)C2CC2)c1. The highest BCUT2D eigenvalue weighted by Crippen LogP contribution is 2.38. The molecule has 4 rings (SSSR count). The van der Waals surface area contributed by atoms with Gasteiger partial charge in [-0.2, -0.15) is 0 Å². The highest BCUT2D eigenvalue weighted by molar-refractivity contribution is 9.10. The molecule has 40 heavy (non-hydrogen) atoms. The van der Waals surface area contributed by atoms with Gasteiger partial charge >= 0.3 is 6.09 Å². The molecule has 1 aliphatic carbocycles. The number of pyridine rings is 1. The molecule has 2 aromatic rings. The zero-order valence-electron chi connectivity index (χ0n) is 24.1. The second-order valence-corrected chi connectivity index (χ2v) is 12.7. The van der Waals surface area contributed by atoms with Gasteiger partial charge in [0.2, 0.25) is 5.91 Å². The highest BCUT2D eigenvalue weighted by atomic mass is 79.9. The summed E-state index contributed by atoms with van der Waals surface area (Å²) in [7, 11) is 3.37. The van der Waals surface area contributed by atoms with E-state index in [9.17, 15) is 14.4 Å². The first-order valence-electron chi connectivity index (χ1n) is 13.8. The highest BCUT2D eigenvalue weighted by Gasteiger charge is 2.43. The molecule has 2 unspecified atom stereocenters. The summed E-state index contributed by atoms with van der Waals surface area (Å²) in [6, 6.07) is 9.88. The number of aryl methyl sites for hydroxylation is 1. The van der Waals surface area contributed by atoms with Crippen LogP contribution in [0.2, 0.25) is 0 Å². The third kappa shape index (κ3) is 7.85. The Morgan fingerprint density at radius 2 is 1.90 bits per heavy atom. The van der Waals surface area contributed by atoms with Gasteiger partial charge < -0.3 is 23.8 Å². The molecule has 8 nitrogen and oxygen atoms in total. The Labute approximate surface area is 245 Å². The lowest BCUT2D eigenvalue weighted by atomic mass is 9.79. The molecule has 1 saturated carbocycles. The number of likely N-dealkylation sites (tertiary alicyclic amines) is 1. The number of benzene rings is 1. The van der Waals surface area contributed by atoms with E-state index < -0.39 is 17.6 Å². The van der Waals surface area contributed by atoms with Crippen molar-refractivity contribution in [3.05, 3.63) is 74.1 Å². The number of ether oxygens (including phenoxy) is 2. The Hall–Kier alpha value is -2.91. The smallest absolute Gasteiger partial charge is 0.410 e. The van der Waals surface area contributed by atoms with Crippen molar-refractivity contribution >= 4 is 34.0 Å². The Balaban J connectivity index is 1.63. The second-order valence-electron chi connectivity index (χ2n) is 11.8. The maximum atomic E-state index is 14.4. The van der Waals surface area contributed by atoms with Crippen molar-refractivity contribution in [2.24, 2.45) is 13.0 Å². The van der Waals surface area contributed by atoms with Crippen molar-refractivity contribution in [2.75, 3.05) is 26.8 Å². The Morgan fingerprint density at radius 3 is 2.55 bits per heavy atom. The number of aromatic nitrogens is 1. The van der Waals surface area contributed by atoms with Gasteiger partial charge in [-0.25, -0.2) is 4.79 Å². The minimum absolute atomic E-state index is 0.0119. The van der Waals surface area contributed by atoms with Crippen LogP contribution in [0.5, 0.6) is 0 Å². The molecule has 1 aromatic carbocycles. The molecule has 2 aliphatic rings. The van der Waals surface area contributed by atoms with Crippen molar-refractivity contribution in [1.29, 1.82) is 0 Å². The first kappa shape index (κ1) is 30.1. The van der Waals surface area contributed by atoms with Gasteiger partial charge in [-0.05, 0) is 86.9 Å². The molecule has 9 heteroatoms. The average molecular weight is 615 g/mol. The van der Waals surface area contributed by atoms with Crippen LogP contribution in [0.4, 0.5) is 4.79 Å². The number of carbonyl (C=O) groups is 2. The fourth-order valence-electron chi connectivity index (χ4n) is 5.21. The molecule has 2 atom stereocenters. The van der Waals surface area contributed by atoms with E-state index in [0.29, 0.717) is 26.1 Å². The number of piperidine rings is 1. The first-order chi connectivity index (χ1) is 18.9. The summed E-state index contributed by atoms with van der Waals surface area (Å²) in [5.41, 5.74) is 2.15. The van der Waals surface area contributed by atoms with E-state index in [1.54, 1.807) is 31.3 Å². The summed E-state index contributed by atoms with van der Waals surface area (Å²) in [4.78, 5) is 43.5. The molecular weight excluding hydrogens is 574 g/mol. The van der Waals surface area contributed by atoms with Crippen LogP contribution in [-0.4, -0.2) is 64.8 Å². The molecular formula is C31H40BrN3O5. The van der Waals surface area contributed by atoms with E-state index in [-0.39, 0.29) is 30.0 Å². The molecule has 0 N–H and O–H groups in total. The molecule has 1 aromatic heterocycles. The fourth-order valence-corrected chi connectivity index (χ4v) is 5.77. The number of carbonyl (C=O) groups excluding carboxylic acids is 2. The largest absolute Gasteiger partial charge is 0.444 e. The van der Waals surface area contributed by atoms with Crippen LogP contribution in [0.3, 0.4) is 0 Å². The fraction of sp³-hybridized carbons (Fsp3) is 0.516. The maximum Gasteiger partial charge on any atom is 0.410 e. The second kappa shape index (κ2) is 12.7. The van der Waals surface area contributed by atoms with Crippen LogP contribution in [0.25, 0.3) is 6.08 Å². The van der Waals surface area contributed by atoms with Crippen molar-refractivity contribution < 1.29 is 19.1 Å². The minimum Gasteiger partial charge on any atom is -0.444 e. The van der Waals surface area contributed by atoms with E-state index in [4.69, 9.17) is 9.47 Å². The predicted molar refractivity (Wildman–Crippen MR) is 159 cm³/mol. The summed E-state index contributed by atoms with van der Waals surface area (Å²) >= 11 is 3.62. The van der Waals surface area contributed by atoms with Crippen LogP contribution in [0, 0.1) is 5.92 Å². The Bertz CT molecular complexity index is 1310. The lowest BCUT2D eigenvalue weighted by molar-refractivity contribution is -0.139. The van der Waals surface area contributed by atoms with E-state index in [0.717, 1.165) is 34.0 Å². The summed E-state index contributed by atoms with van der Waals surface area (Å²) in [5.74, 6) is -0.642. The number of halogens is 1. The zero-order chi connectivity index (χ0) is 29.0. The van der Waals surface area contributed by atoms with Crippen LogP contribution < -0.4 is 5.56 Å². The summed E-state index contributed by atoms with van der Waals surface area (Å²) < 4.78 is 13.3. The molecule has 0 radical (unpaired) electrons. The quantitative estimate of drug-likeness (QED) is 0.401. The molecule has 1 saturated heterocycles. The van der Waals surface area contributed by atoms with E-state index >= 15 is 0 Å². The molecule has 1 aliphatic heterocycles. The molecule has 2 heterocycles. The normalized spacial score (nSPS) is 19.6. The predicted octanol–water partition coefficient (Wildman–Crippen LogP) is 5.34. The number of amides is 2. The van der Waals surface area contributed by atoms with Gasteiger partial charge in [-0.3, -0.25) is 9.59 Å². The molecule has 216 valence electrons. The monoisotopic (exact) mass is 613 g/mol. The zero-order valence-corrected chi connectivity index (χ0v) is 25.6. The number of hydrogen-bond donors (Lipinski definition) is 0. The molecule has 0 bridgehead atoms. The van der Waals surface area contributed by atoms with Crippen LogP contribution in [0.15, 0.2) is 51.9 Å². The van der Waals surface area contributed by atoms with Gasteiger partial charge in [0.25, 0.3) is 5.56 Å². The van der Waals surface area contributed by atoms with Gasteiger partial charge in [0.15, 0.2) is 0 Å². The lowest BCUT2D eigenvalue weighted by Crippen LogP contribution is -2.51. The summed E-state index contributed by atoms with van der Waals surface area (Å²) in [5, 5.41) is 0. The van der Waals surface area contributed by atoms with Gasteiger partial charge in [0, 0.05) is 56.6 Å². The van der Waals surface area contributed by atoms with Crippen molar-refractivity contribution in [3.8, 4) is 0 Å². The minimum atomic E-state index is -0.630. The Kier molecular flexibility index (Phi) is 9.56. The summed E-state index contributed by atoms with van der Waals surface area (Å²) in [6.45, 7) is 7.22. The van der Waals surface area contributed by atoms with Gasteiger partial charge in [-0.15, -0.1) is 0 Å². The van der Waals surface area contributed by atoms with Crippen LogP contribution in [0.1, 0.15) is 62.6 Å². The third-order valence-corrected chi connectivity index (χ3v) is 7.77. The van der Waals surface area contributed by atoms with Gasteiger partial charge in [0.1, 0.15) is 5.60 Å². The molecule has 2 amide bonds. The van der Waals surface area contributed by atoms with E-state index in [1.165, 1.54) is 4.57 Å². The van der Waals surface area contributed by atoms with Crippen LogP contribution >= 0.6 is 15.9 Å². The van der Waals surface area contributed by atoms with Crippen molar-refractivity contribution in [2.45, 2.75) is 64.1 Å². The van der Waals surface area contributed by atoms with Crippen LogP contribution in [-0.2, 0) is 27.9 Å². The number of methoxy groups -OCH3 is 1. The summed E-state index contributed by atoms with van der Waals surface area (Å²) in [6.07, 6.45) is 7.79. The first-order valence-corrected chi connectivity index (χ1v) is 14.6. The van der Waals surface area contributed by atoms with Crippen molar-refractivity contribution in [1.82, 2.24) is 14.4 Å². The Morgan fingerprint density at radius 1 is 1.15 bits per heavy atom.